The van der Waals surface area contributed by atoms with Gasteiger partial charge in [0.2, 0.25) is 0 Å². The molecule has 2 rings (SSSR count). The van der Waals surface area contributed by atoms with Gasteiger partial charge in [0.15, 0.2) is 0 Å². The minimum Gasteiger partial charge on any atom is -0.391 e. The summed E-state index contributed by atoms with van der Waals surface area (Å²) in [4.78, 5) is 25.6. The molecule has 0 aliphatic carbocycles. The molecule has 2 N–H and O–H groups in total. The Labute approximate surface area is 131 Å². The van der Waals surface area contributed by atoms with Crippen molar-refractivity contribution in [3.63, 3.8) is 0 Å². The van der Waals surface area contributed by atoms with Crippen LogP contribution in [0.5, 0.6) is 0 Å². The van der Waals surface area contributed by atoms with E-state index in [0.29, 0.717) is 18.7 Å². The van der Waals surface area contributed by atoms with Crippen LogP contribution in [0.1, 0.15) is 37.8 Å². The zero-order chi connectivity index (χ0) is 16.1. The number of aryl methyl sites for hydroxylation is 2. The summed E-state index contributed by atoms with van der Waals surface area (Å²) in [5.74, 6) is -1.21. The van der Waals surface area contributed by atoms with Crippen LogP contribution in [-0.2, 0) is 22.4 Å². The third-order valence-corrected chi connectivity index (χ3v) is 4.10. The fourth-order valence-corrected chi connectivity index (χ4v) is 2.85. The van der Waals surface area contributed by atoms with E-state index in [1.807, 2.05) is 18.2 Å². The quantitative estimate of drug-likeness (QED) is 0.836. The SMILES string of the molecule is CCc1ccc(NC(=O)C(=O)N2CCCC(O)C2)cc1CC. The molecule has 2 amide bonds. The van der Waals surface area contributed by atoms with Gasteiger partial charge in [-0.1, -0.05) is 19.9 Å². The monoisotopic (exact) mass is 304 g/mol. The first-order valence-electron chi connectivity index (χ1n) is 7.95. The second-order valence-corrected chi connectivity index (χ2v) is 5.69. The van der Waals surface area contributed by atoms with E-state index in [4.69, 9.17) is 0 Å². The number of aliphatic hydroxyl groups is 1. The van der Waals surface area contributed by atoms with Gasteiger partial charge in [-0.05, 0) is 48.9 Å². The van der Waals surface area contributed by atoms with Gasteiger partial charge in [-0.15, -0.1) is 0 Å². The number of aliphatic hydroxyl groups excluding tert-OH is 1. The first kappa shape index (κ1) is 16.5. The van der Waals surface area contributed by atoms with Crippen molar-refractivity contribution in [1.29, 1.82) is 0 Å². The molecule has 5 heteroatoms. The number of likely N-dealkylation sites (tertiary alicyclic amines) is 1. The Kier molecular flexibility index (Phi) is 5.55. The Hall–Kier alpha value is -1.88. The van der Waals surface area contributed by atoms with Crippen LogP contribution in [0.3, 0.4) is 0 Å². The first-order valence-corrected chi connectivity index (χ1v) is 7.95. The number of nitrogens with one attached hydrogen (secondary N) is 1. The maximum Gasteiger partial charge on any atom is 0.313 e. The Balaban J connectivity index is 2.03. The zero-order valence-electron chi connectivity index (χ0n) is 13.3. The molecule has 1 aliphatic rings. The summed E-state index contributed by atoms with van der Waals surface area (Å²) >= 11 is 0. The van der Waals surface area contributed by atoms with E-state index in [0.717, 1.165) is 19.3 Å². The van der Waals surface area contributed by atoms with Crippen molar-refractivity contribution < 1.29 is 14.7 Å². The highest BCUT2D eigenvalue weighted by molar-refractivity contribution is 6.39. The van der Waals surface area contributed by atoms with E-state index in [1.165, 1.54) is 16.0 Å². The van der Waals surface area contributed by atoms with Crippen LogP contribution in [0.4, 0.5) is 5.69 Å². The average molecular weight is 304 g/mol. The number of anilines is 1. The topological polar surface area (TPSA) is 69.6 Å². The molecular formula is C17H24N2O3. The molecule has 5 nitrogen and oxygen atoms in total. The van der Waals surface area contributed by atoms with Crippen LogP contribution >= 0.6 is 0 Å². The summed E-state index contributed by atoms with van der Waals surface area (Å²) in [6.07, 6.45) is 2.72. The molecule has 1 atom stereocenters. The molecule has 0 spiro atoms. The molecule has 0 saturated carbocycles. The van der Waals surface area contributed by atoms with Crippen molar-refractivity contribution in [3.05, 3.63) is 29.3 Å². The number of hydrogen-bond donors (Lipinski definition) is 2. The number of carbonyl (C=O) groups excluding carboxylic acids is 2. The standard InChI is InChI=1S/C17H24N2O3/c1-3-12-7-8-14(10-13(12)4-2)18-16(21)17(22)19-9-5-6-15(20)11-19/h7-8,10,15,20H,3-6,9,11H2,1-2H3,(H,18,21). The van der Waals surface area contributed by atoms with Crippen molar-refractivity contribution in [3.8, 4) is 0 Å². The van der Waals surface area contributed by atoms with Gasteiger partial charge in [0.25, 0.3) is 0 Å². The lowest BCUT2D eigenvalue weighted by atomic mass is 10.0. The van der Waals surface area contributed by atoms with E-state index >= 15 is 0 Å². The molecule has 0 bridgehead atoms. The van der Waals surface area contributed by atoms with Crippen molar-refractivity contribution in [2.45, 2.75) is 45.6 Å². The summed E-state index contributed by atoms with van der Waals surface area (Å²) < 4.78 is 0. The van der Waals surface area contributed by atoms with Crippen molar-refractivity contribution >= 4 is 17.5 Å². The van der Waals surface area contributed by atoms with E-state index in [1.54, 1.807) is 0 Å². The van der Waals surface area contributed by atoms with Crippen LogP contribution < -0.4 is 5.32 Å². The number of amides is 2. The third kappa shape index (κ3) is 3.85. The third-order valence-electron chi connectivity index (χ3n) is 4.10. The minimum atomic E-state index is -0.639. The number of rotatable bonds is 3. The van der Waals surface area contributed by atoms with Crippen LogP contribution in [0.15, 0.2) is 18.2 Å². The van der Waals surface area contributed by atoms with Gasteiger partial charge >= 0.3 is 11.8 Å². The Morgan fingerprint density at radius 2 is 2.00 bits per heavy atom. The predicted molar refractivity (Wildman–Crippen MR) is 85.6 cm³/mol. The van der Waals surface area contributed by atoms with Crippen LogP contribution in [-0.4, -0.2) is 41.0 Å². The maximum absolute atomic E-state index is 12.1. The fraction of sp³-hybridized carbons (Fsp3) is 0.529. The van der Waals surface area contributed by atoms with Gasteiger partial charge < -0.3 is 15.3 Å². The van der Waals surface area contributed by atoms with Gasteiger partial charge in [0.1, 0.15) is 0 Å². The largest absolute Gasteiger partial charge is 0.391 e. The molecular weight excluding hydrogens is 280 g/mol. The van der Waals surface area contributed by atoms with Gasteiger partial charge in [-0.25, -0.2) is 0 Å². The number of piperidine rings is 1. The highest BCUT2D eigenvalue weighted by Gasteiger charge is 2.26. The van der Waals surface area contributed by atoms with Crippen molar-refractivity contribution in [2.75, 3.05) is 18.4 Å². The molecule has 1 aromatic rings. The first-order chi connectivity index (χ1) is 10.5. The lowest BCUT2D eigenvalue weighted by molar-refractivity contribution is -0.145. The lowest BCUT2D eigenvalue weighted by Gasteiger charge is -2.29. The minimum absolute atomic E-state index is 0.237. The highest BCUT2D eigenvalue weighted by atomic mass is 16.3. The fourth-order valence-electron chi connectivity index (χ4n) is 2.85. The zero-order valence-corrected chi connectivity index (χ0v) is 13.3. The molecule has 22 heavy (non-hydrogen) atoms. The van der Waals surface area contributed by atoms with Crippen LogP contribution in [0.2, 0.25) is 0 Å². The summed E-state index contributed by atoms with van der Waals surface area (Å²) in [5.41, 5.74) is 3.08. The molecule has 0 aromatic heterocycles. The average Bonchev–Trinajstić information content (AvgIpc) is 2.53. The molecule has 1 aromatic carbocycles. The van der Waals surface area contributed by atoms with Gasteiger partial charge in [0.05, 0.1) is 6.10 Å². The van der Waals surface area contributed by atoms with E-state index in [2.05, 4.69) is 19.2 Å². The highest BCUT2D eigenvalue weighted by Crippen LogP contribution is 2.18. The summed E-state index contributed by atoms with van der Waals surface area (Å²) in [6, 6.07) is 5.74. The normalized spacial score (nSPS) is 18.1. The molecule has 1 saturated heterocycles. The van der Waals surface area contributed by atoms with Gasteiger partial charge in [-0.2, -0.15) is 0 Å². The molecule has 120 valence electrons. The predicted octanol–water partition coefficient (Wildman–Crippen LogP) is 1.73. The second-order valence-electron chi connectivity index (χ2n) is 5.69. The number of carbonyl (C=O) groups is 2. The summed E-state index contributed by atoms with van der Waals surface area (Å²) in [7, 11) is 0. The molecule has 0 radical (unpaired) electrons. The molecule has 1 aliphatic heterocycles. The number of hydrogen-bond acceptors (Lipinski definition) is 3. The lowest BCUT2D eigenvalue weighted by Crippen LogP contribution is -2.46. The Morgan fingerprint density at radius 3 is 2.64 bits per heavy atom. The smallest absolute Gasteiger partial charge is 0.313 e. The van der Waals surface area contributed by atoms with Gasteiger partial charge in [0, 0.05) is 18.8 Å². The number of nitrogens with zero attached hydrogens (tertiary/aromatic N) is 1. The number of benzene rings is 1. The van der Waals surface area contributed by atoms with E-state index in [-0.39, 0.29) is 6.54 Å². The number of β-amino-alcohol motifs (C(OH)–C–C–N with tert-alkyl or cyclic N) is 1. The maximum atomic E-state index is 12.1. The molecule has 1 unspecified atom stereocenters. The van der Waals surface area contributed by atoms with Crippen molar-refractivity contribution in [2.24, 2.45) is 0 Å². The van der Waals surface area contributed by atoms with Gasteiger partial charge in [-0.3, -0.25) is 9.59 Å². The second kappa shape index (κ2) is 7.40. The van der Waals surface area contributed by atoms with E-state index in [9.17, 15) is 14.7 Å². The summed E-state index contributed by atoms with van der Waals surface area (Å²) in [6.45, 7) is 4.93. The Morgan fingerprint density at radius 1 is 1.27 bits per heavy atom. The summed E-state index contributed by atoms with van der Waals surface area (Å²) in [5, 5.41) is 12.3. The Bertz CT molecular complexity index is 557. The van der Waals surface area contributed by atoms with E-state index < -0.39 is 17.9 Å². The van der Waals surface area contributed by atoms with Crippen LogP contribution in [0.25, 0.3) is 0 Å². The molecule has 1 heterocycles. The van der Waals surface area contributed by atoms with Crippen molar-refractivity contribution in [1.82, 2.24) is 4.90 Å². The van der Waals surface area contributed by atoms with Crippen LogP contribution in [0, 0.1) is 0 Å². The molecule has 1 fully saturated rings.